The van der Waals surface area contributed by atoms with Gasteiger partial charge in [0, 0.05) is 5.69 Å². The Labute approximate surface area is 234 Å². The quantitative estimate of drug-likeness (QED) is 0.190. The van der Waals surface area contributed by atoms with E-state index < -0.39 is 29.4 Å². The summed E-state index contributed by atoms with van der Waals surface area (Å²) in [6, 6.07) is 14.8. The molecule has 2 N–H and O–H groups in total. The second-order valence-electron chi connectivity index (χ2n) is 8.13. The molecule has 4 aromatic rings. The summed E-state index contributed by atoms with van der Waals surface area (Å²) >= 11 is 6.88. The van der Waals surface area contributed by atoms with Crippen LogP contribution in [0.3, 0.4) is 0 Å². The van der Waals surface area contributed by atoms with E-state index in [2.05, 4.69) is 20.8 Å². The number of nitrogens with one attached hydrogen (secondary N) is 2. The van der Waals surface area contributed by atoms with Crippen molar-refractivity contribution in [2.75, 3.05) is 18.2 Å². The lowest BCUT2D eigenvalue weighted by Gasteiger charge is -2.14. The summed E-state index contributed by atoms with van der Waals surface area (Å²) in [4.78, 5) is 25.2. The highest BCUT2D eigenvalue weighted by Crippen LogP contribution is 2.32. The van der Waals surface area contributed by atoms with Gasteiger partial charge in [-0.15, -0.1) is 10.2 Å². The third kappa shape index (κ3) is 6.90. The van der Waals surface area contributed by atoms with Gasteiger partial charge in [-0.1, -0.05) is 35.5 Å². The fourth-order valence-corrected chi connectivity index (χ4v) is 4.57. The third-order valence-corrected chi connectivity index (χ3v) is 6.68. The molecule has 0 unspecified atom stereocenters. The van der Waals surface area contributed by atoms with Gasteiger partial charge in [-0.05, 0) is 54.6 Å². The first kappa shape index (κ1) is 28.9. The number of thioether (sulfide) groups is 1. The molecule has 0 saturated carbocycles. The van der Waals surface area contributed by atoms with Gasteiger partial charge < -0.3 is 15.4 Å². The van der Waals surface area contributed by atoms with Gasteiger partial charge in [-0.2, -0.15) is 13.2 Å². The summed E-state index contributed by atoms with van der Waals surface area (Å²) in [5, 5.41) is 13.2. The molecule has 8 nitrogen and oxygen atoms in total. The number of alkyl halides is 3. The van der Waals surface area contributed by atoms with E-state index in [1.54, 1.807) is 24.3 Å². The molecule has 0 bridgehead atoms. The smallest absolute Gasteiger partial charge is 0.416 e. The van der Waals surface area contributed by atoms with E-state index in [0.717, 1.165) is 30.0 Å². The fourth-order valence-electron chi connectivity index (χ4n) is 3.55. The summed E-state index contributed by atoms with van der Waals surface area (Å²) in [5.74, 6) is -1.60. The van der Waals surface area contributed by atoms with E-state index in [1.165, 1.54) is 35.9 Å². The molecule has 0 aliphatic heterocycles. The Balaban J connectivity index is 1.57. The zero-order chi connectivity index (χ0) is 28.9. The van der Waals surface area contributed by atoms with Crippen LogP contribution in [-0.2, 0) is 17.5 Å². The van der Waals surface area contributed by atoms with E-state index in [-0.39, 0.29) is 39.6 Å². The largest absolute Gasteiger partial charge is 0.497 e. The highest BCUT2D eigenvalue weighted by atomic mass is 35.5. The number of methoxy groups -OCH3 is 1. The van der Waals surface area contributed by atoms with Gasteiger partial charge in [0.05, 0.1) is 41.2 Å². The van der Waals surface area contributed by atoms with Crippen LogP contribution in [0.4, 0.5) is 23.2 Å². The van der Waals surface area contributed by atoms with Crippen molar-refractivity contribution < 1.29 is 31.9 Å². The van der Waals surface area contributed by atoms with Crippen molar-refractivity contribution in [3.63, 3.8) is 0 Å². The van der Waals surface area contributed by atoms with Crippen molar-refractivity contribution >= 4 is 40.9 Å². The molecule has 0 spiro atoms. The van der Waals surface area contributed by atoms with Crippen molar-refractivity contribution in [2.24, 2.45) is 0 Å². The number of hydrogen-bond acceptors (Lipinski definition) is 6. The van der Waals surface area contributed by atoms with Gasteiger partial charge in [0.15, 0.2) is 11.0 Å². The molecule has 0 fully saturated rings. The van der Waals surface area contributed by atoms with Crippen LogP contribution < -0.4 is 15.4 Å². The number of carbonyl (C=O) groups excluding carboxylic acids is 2. The number of anilines is 1. The molecule has 208 valence electrons. The topological polar surface area (TPSA) is 98.1 Å². The van der Waals surface area contributed by atoms with Gasteiger partial charge in [0.25, 0.3) is 5.91 Å². The maximum absolute atomic E-state index is 14.2. The van der Waals surface area contributed by atoms with E-state index in [0.29, 0.717) is 11.4 Å². The van der Waals surface area contributed by atoms with Gasteiger partial charge in [0.2, 0.25) is 5.91 Å². The predicted octanol–water partition coefficient (Wildman–Crippen LogP) is 5.75. The normalized spacial score (nSPS) is 11.2. The molecule has 0 aliphatic carbocycles. The summed E-state index contributed by atoms with van der Waals surface area (Å²) in [7, 11) is 1.51. The minimum Gasteiger partial charge on any atom is -0.497 e. The van der Waals surface area contributed by atoms with Gasteiger partial charge >= 0.3 is 6.18 Å². The van der Waals surface area contributed by atoms with Crippen molar-refractivity contribution in [1.29, 1.82) is 0 Å². The molecule has 1 aromatic heterocycles. The number of hydrogen-bond donors (Lipinski definition) is 2. The molecule has 40 heavy (non-hydrogen) atoms. The summed E-state index contributed by atoms with van der Waals surface area (Å²) in [5.41, 5.74) is -0.744. The van der Waals surface area contributed by atoms with Crippen LogP contribution in [0.15, 0.2) is 71.9 Å². The fraction of sp³-hybridized carbons (Fsp3) is 0.154. The zero-order valence-corrected chi connectivity index (χ0v) is 22.2. The van der Waals surface area contributed by atoms with Crippen LogP contribution >= 0.6 is 23.4 Å². The first-order chi connectivity index (χ1) is 19.1. The van der Waals surface area contributed by atoms with E-state index >= 15 is 0 Å². The number of carbonyl (C=O) groups is 2. The molecular weight excluding hydrogens is 574 g/mol. The Bertz CT molecular complexity index is 1510. The van der Waals surface area contributed by atoms with Crippen LogP contribution in [-0.4, -0.2) is 39.4 Å². The van der Waals surface area contributed by atoms with Gasteiger partial charge in [-0.25, -0.2) is 4.39 Å². The number of rotatable bonds is 9. The summed E-state index contributed by atoms with van der Waals surface area (Å²) in [6.45, 7) is -0.328. The molecule has 14 heteroatoms. The first-order valence-electron chi connectivity index (χ1n) is 11.5. The molecule has 0 saturated heterocycles. The van der Waals surface area contributed by atoms with Gasteiger partial charge in [0.1, 0.15) is 11.6 Å². The average Bonchev–Trinajstić information content (AvgIpc) is 3.33. The number of benzene rings is 3. The number of nitrogens with zero attached hydrogens (tertiary/aromatic N) is 3. The van der Waals surface area contributed by atoms with Crippen molar-refractivity contribution in [3.05, 3.63) is 94.5 Å². The molecule has 0 radical (unpaired) electrons. The van der Waals surface area contributed by atoms with Crippen LogP contribution in [0, 0.1) is 5.82 Å². The second-order valence-corrected chi connectivity index (χ2v) is 9.48. The molecular formula is C26H20ClF4N5O3S. The number of aromatic nitrogens is 3. The molecule has 2 amide bonds. The standard InChI is InChI=1S/C26H20ClF4N5O3S/c1-39-18-10-8-16(9-11-18)33-22(37)14-40-25-35-34-21(13-32-24(38)23-19(27)6-3-7-20(23)28)36(25)17-5-2-4-15(12-17)26(29,30)31/h2-12H,13-14H2,1H3,(H,32,38)(H,33,37). The van der Waals surface area contributed by atoms with Crippen LogP contribution in [0.2, 0.25) is 5.02 Å². The monoisotopic (exact) mass is 593 g/mol. The van der Waals surface area contributed by atoms with E-state index in [1.807, 2.05) is 0 Å². The van der Waals surface area contributed by atoms with E-state index in [4.69, 9.17) is 16.3 Å². The Morgan fingerprint density at radius 2 is 1.77 bits per heavy atom. The maximum atomic E-state index is 14.2. The predicted molar refractivity (Wildman–Crippen MR) is 141 cm³/mol. The number of ether oxygens (including phenoxy) is 1. The Kier molecular flexibility index (Phi) is 8.95. The third-order valence-electron chi connectivity index (χ3n) is 5.44. The lowest BCUT2D eigenvalue weighted by atomic mass is 10.2. The number of halogens is 5. The summed E-state index contributed by atoms with van der Waals surface area (Å²) in [6.07, 6.45) is -4.62. The van der Waals surface area contributed by atoms with Crippen molar-refractivity contribution in [1.82, 2.24) is 20.1 Å². The minimum atomic E-state index is -4.62. The van der Waals surface area contributed by atoms with Crippen LogP contribution in [0.1, 0.15) is 21.7 Å². The first-order valence-corrected chi connectivity index (χ1v) is 12.8. The van der Waals surface area contributed by atoms with Crippen molar-refractivity contribution in [2.45, 2.75) is 17.9 Å². The Hall–Kier alpha value is -4.10. The van der Waals surface area contributed by atoms with Crippen LogP contribution in [0.25, 0.3) is 5.69 Å². The highest BCUT2D eigenvalue weighted by molar-refractivity contribution is 7.99. The van der Waals surface area contributed by atoms with Crippen LogP contribution in [0.5, 0.6) is 5.75 Å². The SMILES string of the molecule is COc1ccc(NC(=O)CSc2nnc(CNC(=O)c3c(F)cccc3Cl)n2-c2cccc(C(F)(F)F)c2)cc1. The minimum absolute atomic E-state index is 0.0400. The molecule has 0 aliphatic rings. The Morgan fingerprint density at radius 1 is 1.05 bits per heavy atom. The molecule has 4 rings (SSSR count). The Morgan fingerprint density at radius 3 is 2.45 bits per heavy atom. The average molecular weight is 594 g/mol. The summed E-state index contributed by atoms with van der Waals surface area (Å²) < 4.78 is 60.8. The molecule has 0 atom stereocenters. The zero-order valence-electron chi connectivity index (χ0n) is 20.6. The highest BCUT2D eigenvalue weighted by Gasteiger charge is 2.31. The van der Waals surface area contributed by atoms with E-state index in [9.17, 15) is 27.2 Å². The van der Waals surface area contributed by atoms with Crippen molar-refractivity contribution in [3.8, 4) is 11.4 Å². The number of amides is 2. The molecule has 1 heterocycles. The lowest BCUT2D eigenvalue weighted by Crippen LogP contribution is -2.26. The second kappa shape index (κ2) is 12.4. The maximum Gasteiger partial charge on any atom is 0.416 e. The lowest BCUT2D eigenvalue weighted by molar-refractivity contribution is -0.137. The van der Waals surface area contributed by atoms with Gasteiger partial charge in [-0.3, -0.25) is 14.2 Å². The molecule has 3 aromatic carbocycles.